The van der Waals surface area contributed by atoms with Crippen LogP contribution >= 0.6 is 0 Å². The molecular formula is C28H36N2O3Si. The normalized spacial score (nSPS) is 27.7. The van der Waals surface area contributed by atoms with Gasteiger partial charge in [-0.1, -0.05) is 68.3 Å². The Morgan fingerprint density at radius 3 is 2.62 bits per heavy atom. The second kappa shape index (κ2) is 8.67. The number of nitrogens with one attached hydrogen (secondary N) is 2. The van der Waals surface area contributed by atoms with Crippen molar-refractivity contribution in [2.75, 3.05) is 18.5 Å². The van der Waals surface area contributed by atoms with E-state index in [-0.39, 0.29) is 6.04 Å². The van der Waals surface area contributed by atoms with Gasteiger partial charge in [0.1, 0.15) is 0 Å². The number of carboxylic acids is 1. The van der Waals surface area contributed by atoms with Crippen molar-refractivity contribution in [3.8, 4) is 0 Å². The average molecular weight is 477 g/mol. The summed E-state index contributed by atoms with van der Waals surface area (Å²) in [5, 5.41) is 17.7. The van der Waals surface area contributed by atoms with Crippen LogP contribution in [0.4, 0.5) is 5.69 Å². The first kappa shape index (κ1) is 23.3. The lowest BCUT2D eigenvalue weighted by Gasteiger charge is -2.50. The van der Waals surface area contributed by atoms with Gasteiger partial charge in [-0.25, -0.2) is 4.79 Å². The predicted octanol–water partition coefficient (Wildman–Crippen LogP) is 5.41. The molecule has 3 atom stereocenters. The first-order chi connectivity index (χ1) is 16.4. The monoisotopic (exact) mass is 476 g/mol. The first-order valence-electron chi connectivity index (χ1n) is 12.6. The van der Waals surface area contributed by atoms with E-state index in [2.05, 4.69) is 79.2 Å². The van der Waals surface area contributed by atoms with Crippen LogP contribution in [0.5, 0.6) is 0 Å². The predicted molar refractivity (Wildman–Crippen MR) is 139 cm³/mol. The van der Waals surface area contributed by atoms with Crippen LogP contribution in [0.1, 0.15) is 43.7 Å². The van der Waals surface area contributed by atoms with Crippen molar-refractivity contribution >= 4 is 20.0 Å². The summed E-state index contributed by atoms with van der Waals surface area (Å²) < 4.78 is 6.94. The van der Waals surface area contributed by atoms with E-state index in [1.54, 1.807) is 0 Å². The minimum absolute atomic E-state index is 0.144. The number of fused-ring (bicyclic) bond motifs is 1. The van der Waals surface area contributed by atoms with Crippen molar-refractivity contribution < 1.29 is 14.3 Å². The summed E-state index contributed by atoms with van der Waals surface area (Å²) >= 11 is 0. The Morgan fingerprint density at radius 1 is 1.15 bits per heavy atom. The van der Waals surface area contributed by atoms with Crippen molar-refractivity contribution in [1.29, 1.82) is 0 Å². The van der Waals surface area contributed by atoms with Gasteiger partial charge in [-0.05, 0) is 49.2 Å². The Labute approximate surface area is 203 Å². The Morgan fingerprint density at radius 2 is 1.88 bits per heavy atom. The Balaban J connectivity index is 1.74. The highest BCUT2D eigenvalue weighted by molar-refractivity contribution is 6.71. The van der Waals surface area contributed by atoms with E-state index in [1.807, 2.05) is 6.07 Å². The molecule has 6 heteroatoms. The van der Waals surface area contributed by atoms with E-state index < -0.39 is 25.1 Å². The van der Waals surface area contributed by atoms with Gasteiger partial charge < -0.3 is 20.2 Å². The van der Waals surface area contributed by atoms with Gasteiger partial charge in [0.05, 0.1) is 11.0 Å². The van der Waals surface area contributed by atoms with E-state index in [0.717, 1.165) is 30.4 Å². The lowest BCUT2D eigenvalue weighted by molar-refractivity contribution is -0.133. The molecule has 1 saturated heterocycles. The third-order valence-electron chi connectivity index (χ3n) is 8.34. The molecule has 180 valence electrons. The number of aliphatic carboxylic acids is 1. The zero-order chi connectivity index (χ0) is 24.0. The molecule has 5 nitrogen and oxygen atoms in total. The van der Waals surface area contributed by atoms with Crippen LogP contribution in [0.2, 0.25) is 19.1 Å². The highest BCUT2D eigenvalue weighted by atomic mass is 28.4. The molecule has 2 aromatic carbocycles. The molecule has 0 amide bonds. The number of rotatable bonds is 8. The van der Waals surface area contributed by atoms with Crippen LogP contribution in [0.25, 0.3) is 0 Å². The van der Waals surface area contributed by atoms with Gasteiger partial charge >= 0.3 is 5.97 Å². The van der Waals surface area contributed by atoms with E-state index in [9.17, 15) is 9.90 Å². The Hall–Kier alpha value is -2.41. The van der Waals surface area contributed by atoms with E-state index in [0.29, 0.717) is 18.6 Å². The average Bonchev–Trinajstić information content (AvgIpc) is 3.37. The molecular weight excluding hydrogens is 440 g/mol. The molecule has 0 bridgehead atoms. The first-order valence-corrected chi connectivity index (χ1v) is 15.7. The smallest absolute Gasteiger partial charge is 0.333 e. The molecule has 5 rings (SSSR count). The number of anilines is 1. The van der Waals surface area contributed by atoms with Gasteiger partial charge in [0.25, 0.3) is 0 Å². The number of carbonyl (C=O) groups is 1. The maximum absolute atomic E-state index is 12.5. The zero-order valence-corrected chi connectivity index (χ0v) is 21.5. The number of carboxylic acid groups (broad SMARTS) is 1. The molecule has 1 aliphatic carbocycles. The molecule has 0 aromatic heterocycles. The van der Waals surface area contributed by atoms with Crippen molar-refractivity contribution in [2.45, 2.75) is 68.6 Å². The van der Waals surface area contributed by atoms with Gasteiger partial charge in [-0.3, -0.25) is 0 Å². The molecule has 0 saturated carbocycles. The fourth-order valence-corrected chi connectivity index (χ4v) is 8.66. The Kier molecular flexibility index (Phi) is 5.95. The lowest BCUT2D eigenvalue weighted by atomic mass is 9.53. The van der Waals surface area contributed by atoms with Crippen molar-refractivity contribution in [3.63, 3.8) is 0 Å². The Bertz CT molecular complexity index is 1120. The van der Waals surface area contributed by atoms with Gasteiger partial charge in [-0.2, -0.15) is 0 Å². The molecule has 2 heterocycles. The van der Waals surface area contributed by atoms with Crippen molar-refractivity contribution in [2.24, 2.45) is 0 Å². The highest BCUT2D eigenvalue weighted by Crippen LogP contribution is 2.63. The summed E-state index contributed by atoms with van der Waals surface area (Å²) in [6, 6.07) is 20.3. The maximum atomic E-state index is 12.5. The minimum Gasteiger partial charge on any atom is -0.478 e. The largest absolute Gasteiger partial charge is 0.478 e. The van der Waals surface area contributed by atoms with E-state index >= 15 is 0 Å². The fourth-order valence-electron chi connectivity index (χ4n) is 6.67. The SMILES string of the molecule is CCCC[Si](C)(C)OCC1(c2ccccc2)CNC2CCC(C(=O)O)=C3Nc4ccccc4C321. The van der Waals surface area contributed by atoms with Gasteiger partial charge in [0.15, 0.2) is 8.32 Å². The number of para-hydroxylation sites is 1. The zero-order valence-electron chi connectivity index (χ0n) is 20.5. The summed E-state index contributed by atoms with van der Waals surface area (Å²) in [6.45, 7) is 8.20. The summed E-state index contributed by atoms with van der Waals surface area (Å²) in [4.78, 5) is 12.5. The molecule has 3 unspecified atom stereocenters. The number of hydrogen-bond donors (Lipinski definition) is 3. The molecule has 1 fully saturated rings. The van der Waals surface area contributed by atoms with Gasteiger partial charge in [0, 0.05) is 36.0 Å². The third-order valence-corrected chi connectivity index (χ3v) is 10.8. The van der Waals surface area contributed by atoms with E-state index in [1.165, 1.54) is 24.0 Å². The van der Waals surface area contributed by atoms with Crippen LogP contribution in [0.3, 0.4) is 0 Å². The summed E-state index contributed by atoms with van der Waals surface area (Å²) in [5.74, 6) is -0.819. The van der Waals surface area contributed by atoms with Crippen LogP contribution in [-0.4, -0.2) is 38.6 Å². The highest BCUT2D eigenvalue weighted by Gasteiger charge is 2.68. The lowest BCUT2D eigenvalue weighted by Crippen LogP contribution is -2.57. The number of unbranched alkanes of at least 4 members (excludes halogenated alkanes) is 1. The van der Waals surface area contributed by atoms with Crippen LogP contribution in [0.15, 0.2) is 65.9 Å². The van der Waals surface area contributed by atoms with E-state index in [4.69, 9.17) is 4.43 Å². The summed E-state index contributed by atoms with van der Waals surface area (Å²) in [6.07, 6.45) is 3.71. The maximum Gasteiger partial charge on any atom is 0.333 e. The van der Waals surface area contributed by atoms with Crippen molar-refractivity contribution in [1.82, 2.24) is 5.32 Å². The molecule has 1 spiro atoms. The minimum atomic E-state index is -1.89. The van der Waals surface area contributed by atoms with Gasteiger partial charge in [-0.15, -0.1) is 0 Å². The molecule has 3 N–H and O–H groups in total. The quantitative estimate of drug-likeness (QED) is 0.444. The van der Waals surface area contributed by atoms with Crippen LogP contribution in [0, 0.1) is 0 Å². The second-order valence-electron chi connectivity index (χ2n) is 10.7. The third kappa shape index (κ3) is 3.38. The van der Waals surface area contributed by atoms with Crippen molar-refractivity contribution in [3.05, 3.63) is 77.0 Å². The van der Waals surface area contributed by atoms with Crippen LogP contribution in [-0.2, 0) is 20.1 Å². The number of hydrogen-bond acceptors (Lipinski definition) is 4. The molecule has 2 aliphatic heterocycles. The molecule has 3 aliphatic rings. The van der Waals surface area contributed by atoms with Crippen LogP contribution < -0.4 is 10.6 Å². The fraction of sp³-hybridized carbons (Fsp3) is 0.464. The standard InChI is InChI=1S/C28H36N2O3Si/c1-4-5-17-34(2,3)33-19-27(20-11-7-6-8-12-20)18-29-24-16-15-21(26(31)32)25-28(24,27)22-13-9-10-14-23(22)30-25/h6-14,24,29-30H,4-5,15-19H2,1-3H3,(H,31,32). The summed E-state index contributed by atoms with van der Waals surface area (Å²) in [7, 11) is -1.89. The number of benzene rings is 2. The topological polar surface area (TPSA) is 70.6 Å². The molecule has 34 heavy (non-hydrogen) atoms. The molecule has 2 aromatic rings. The van der Waals surface area contributed by atoms with Gasteiger partial charge in [0.2, 0.25) is 0 Å². The second-order valence-corrected chi connectivity index (χ2v) is 15.0. The summed E-state index contributed by atoms with van der Waals surface area (Å²) in [5.41, 5.74) is 3.89. The molecule has 0 radical (unpaired) electrons.